The maximum atomic E-state index is 13.6. The van der Waals surface area contributed by atoms with Gasteiger partial charge in [0.1, 0.15) is 28.0 Å². The lowest BCUT2D eigenvalue weighted by molar-refractivity contribution is -0.137. The van der Waals surface area contributed by atoms with Gasteiger partial charge in [-0.2, -0.15) is 13.2 Å². The third-order valence-electron chi connectivity index (χ3n) is 4.19. The van der Waals surface area contributed by atoms with Crippen LogP contribution in [-0.4, -0.2) is 16.9 Å². The lowest BCUT2D eigenvalue weighted by atomic mass is 10.2. The van der Waals surface area contributed by atoms with Gasteiger partial charge in [0.05, 0.1) is 5.56 Å². The average Bonchev–Trinajstić information content (AvgIpc) is 2.70. The quantitative estimate of drug-likeness (QED) is 0.438. The van der Waals surface area contributed by atoms with Crippen LogP contribution in [0.2, 0.25) is 5.02 Å². The molecule has 3 aromatic rings. The Labute approximate surface area is 188 Å². The Morgan fingerprint density at radius 1 is 1.06 bits per heavy atom. The minimum Gasteiger partial charge on any atom is -0.437 e. The molecule has 3 amide bonds. The van der Waals surface area contributed by atoms with Crippen LogP contribution in [0.4, 0.5) is 32.4 Å². The van der Waals surface area contributed by atoms with Gasteiger partial charge in [0.15, 0.2) is 0 Å². The summed E-state index contributed by atoms with van der Waals surface area (Å²) in [5.41, 5.74) is -1.33. The van der Waals surface area contributed by atoms with E-state index < -0.39 is 40.9 Å². The first-order valence-electron chi connectivity index (χ1n) is 9.03. The zero-order chi connectivity index (χ0) is 24.3. The number of nitrogens with zero attached hydrogens (tertiary/aromatic N) is 1. The summed E-state index contributed by atoms with van der Waals surface area (Å²) in [5.74, 6) is -3.62. The van der Waals surface area contributed by atoms with Crippen LogP contribution in [0.15, 0.2) is 48.7 Å². The number of carbonyl (C=O) groups excluding carboxylic acids is 2. The number of imide groups is 1. The van der Waals surface area contributed by atoms with E-state index in [9.17, 15) is 31.5 Å². The number of aromatic nitrogens is 1. The van der Waals surface area contributed by atoms with Crippen molar-refractivity contribution < 1.29 is 36.3 Å². The van der Waals surface area contributed by atoms with Crippen LogP contribution in [0.5, 0.6) is 11.6 Å². The molecular weight excluding hydrogens is 473 g/mol. The molecule has 0 saturated heterocycles. The largest absolute Gasteiger partial charge is 0.437 e. The summed E-state index contributed by atoms with van der Waals surface area (Å²) in [5, 5.41) is 3.76. The summed E-state index contributed by atoms with van der Waals surface area (Å²) in [6.07, 6.45) is -4.04. The van der Waals surface area contributed by atoms with Crippen molar-refractivity contribution in [1.29, 1.82) is 0 Å². The molecule has 0 saturated carbocycles. The molecule has 1 aromatic heterocycles. The van der Waals surface area contributed by atoms with Gasteiger partial charge in [0.25, 0.3) is 5.91 Å². The molecule has 2 aromatic carbocycles. The molecule has 0 atom stereocenters. The molecule has 0 aliphatic rings. The summed E-state index contributed by atoms with van der Waals surface area (Å²) in [7, 11) is 0. The van der Waals surface area contributed by atoms with E-state index in [-0.39, 0.29) is 22.3 Å². The number of anilines is 1. The van der Waals surface area contributed by atoms with E-state index in [1.165, 1.54) is 18.2 Å². The molecule has 1 heterocycles. The fourth-order valence-electron chi connectivity index (χ4n) is 2.64. The molecule has 12 heteroatoms. The fourth-order valence-corrected chi connectivity index (χ4v) is 2.85. The molecule has 3 rings (SSSR count). The predicted octanol–water partition coefficient (Wildman–Crippen LogP) is 6.09. The summed E-state index contributed by atoms with van der Waals surface area (Å²) in [6, 6.07) is 6.58. The van der Waals surface area contributed by atoms with Gasteiger partial charge >= 0.3 is 12.2 Å². The molecule has 2 N–H and O–H groups in total. The normalized spacial score (nSPS) is 11.1. The Bertz CT molecular complexity index is 1210. The van der Waals surface area contributed by atoms with Crippen LogP contribution in [0.25, 0.3) is 0 Å². The first-order chi connectivity index (χ1) is 15.5. The second kappa shape index (κ2) is 9.41. The zero-order valence-corrected chi connectivity index (χ0v) is 17.3. The minimum atomic E-state index is -4.61. The molecule has 0 bridgehead atoms. The van der Waals surface area contributed by atoms with E-state index >= 15 is 0 Å². The summed E-state index contributed by atoms with van der Waals surface area (Å²) in [6.45, 7) is 1.57. The van der Waals surface area contributed by atoms with Gasteiger partial charge in [-0.1, -0.05) is 17.7 Å². The number of alkyl halides is 3. The SMILES string of the molecule is Cc1cc(NC(=O)NC(=O)c2c(F)cccc2F)ccc1Oc1ncc(C(F)(F)F)cc1Cl. The van der Waals surface area contributed by atoms with Gasteiger partial charge in [-0.05, 0) is 48.9 Å². The predicted molar refractivity (Wildman–Crippen MR) is 108 cm³/mol. The summed E-state index contributed by atoms with van der Waals surface area (Å²) >= 11 is 5.82. The number of aryl methyl sites for hydroxylation is 1. The lowest BCUT2D eigenvalue weighted by Gasteiger charge is -2.13. The Morgan fingerprint density at radius 2 is 1.73 bits per heavy atom. The fraction of sp³-hybridized carbons (Fsp3) is 0.0952. The van der Waals surface area contributed by atoms with Gasteiger partial charge in [0.2, 0.25) is 5.88 Å². The van der Waals surface area contributed by atoms with Crippen molar-refractivity contribution >= 4 is 29.2 Å². The third-order valence-corrected chi connectivity index (χ3v) is 4.46. The second-order valence-electron chi connectivity index (χ2n) is 6.60. The van der Waals surface area contributed by atoms with Crippen LogP contribution in [0.1, 0.15) is 21.5 Å². The highest BCUT2D eigenvalue weighted by molar-refractivity contribution is 6.31. The Balaban J connectivity index is 1.68. The topological polar surface area (TPSA) is 80.3 Å². The van der Waals surface area contributed by atoms with E-state index in [1.807, 2.05) is 0 Å². The number of carbonyl (C=O) groups is 2. The number of halogens is 6. The first-order valence-corrected chi connectivity index (χ1v) is 9.41. The Hall–Kier alpha value is -3.73. The molecule has 0 radical (unpaired) electrons. The Kier molecular flexibility index (Phi) is 6.82. The second-order valence-corrected chi connectivity index (χ2v) is 7.00. The minimum absolute atomic E-state index is 0.180. The molecular formula is C21H13ClF5N3O3. The number of hydrogen-bond donors (Lipinski definition) is 2. The number of hydrogen-bond acceptors (Lipinski definition) is 4. The molecule has 0 spiro atoms. The average molecular weight is 486 g/mol. The van der Waals surface area contributed by atoms with Crippen LogP contribution < -0.4 is 15.4 Å². The Morgan fingerprint density at radius 3 is 2.30 bits per heavy atom. The van der Waals surface area contributed by atoms with Crippen LogP contribution in [0, 0.1) is 18.6 Å². The van der Waals surface area contributed by atoms with Crippen LogP contribution >= 0.6 is 11.6 Å². The van der Waals surface area contributed by atoms with Gasteiger partial charge in [0, 0.05) is 11.9 Å². The van der Waals surface area contributed by atoms with Crippen molar-refractivity contribution in [3.05, 3.63) is 82.0 Å². The number of benzene rings is 2. The van der Waals surface area contributed by atoms with E-state index in [2.05, 4.69) is 10.3 Å². The third kappa shape index (κ3) is 5.75. The van der Waals surface area contributed by atoms with Gasteiger partial charge in [-0.15, -0.1) is 0 Å². The highest BCUT2D eigenvalue weighted by Gasteiger charge is 2.32. The van der Waals surface area contributed by atoms with E-state index in [0.29, 0.717) is 17.8 Å². The van der Waals surface area contributed by atoms with Gasteiger partial charge < -0.3 is 10.1 Å². The number of nitrogens with one attached hydrogen (secondary N) is 2. The summed E-state index contributed by atoms with van der Waals surface area (Å²) in [4.78, 5) is 27.6. The number of pyridine rings is 1. The van der Waals surface area contributed by atoms with Crippen molar-refractivity contribution in [2.45, 2.75) is 13.1 Å². The highest BCUT2D eigenvalue weighted by Crippen LogP contribution is 2.35. The molecule has 33 heavy (non-hydrogen) atoms. The number of amides is 3. The van der Waals surface area contributed by atoms with Gasteiger partial charge in [-0.3, -0.25) is 10.1 Å². The number of ether oxygens (including phenoxy) is 1. The van der Waals surface area contributed by atoms with Crippen molar-refractivity contribution in [2.24, 2.45) is 0 Å². The van der Waals surface area contributed by atoms with E-state index in [0.717, 1.165) is 18.2 Å². The molecule has 6 nitrogen and oxygen atoms in total. The molecule has 0 aliphatic carbocycles. The van der Waals surface area contributed by atoms with E-state index in [4.69, 9.17) is 16.3 Å². The van der Waals surface area contributed by atoms with E-state index in [1.54, 1.807) is 12.2 Å². The lowest BCUT2D eigenvalue weighted by Crippen LogP contribution is -2.35. The maximum Gasteiger partial charge on any atom is 0.417 e. The van der Waals surface area contributed by atoms with Crippen LogP contribution in [-0.2, 0) is 6.18 Å². The number of urea groups is 1. The van der Waals surface area contributed by atoms with Crippen molar-refractivity contribution in [1.82, 2.24) is 10.3 Å². The molecule has 0 unspecified atom stereocenters. The molecule has 172 valence electrons. The van der Waals surface area contributed by atoms with Crippen molar-refractivity contribution in [3.63, 3.8) is 0 Å². The summed E-state index contributed by atoms with van der Waals surface area (Å²) < 4.78 is 70.9. The number of rotatable bonds is 4. The standard InChI is InChI=1S/C21H13ClF5N3O3/c1-10-7-12(29-20(32)30-18(31)17-14(23)3-2-4-15(17)24)5-6-16(10)33-19-13(22)8-11(9-28-19)21(25,26)27/h2-9H,1H3,(H2,29,30,31,32). The molecule has 0 fully saturated rings. The monoisotopic (exact) mass is 485 g/mol. The van der Waals surface area contributed by atoms with Gasteiger partial charge in [-0.25, -0.2) is 18.6 Å². The maximum absolute atomic E-state index is 13.6. The van der Waals surface area contributed by atoms with Crippen molar-refractivity contribution in [3.8, 4) is 11.6 Å². The molecule has 0 aliphatic heterocycles. The first kappa shape index (κ1) is 23.9. The highest BCUT2D eigenvalue weighted by atomic mass is 35.5. The van der Waals surface area contributed by atoms with Crippen molar-refractivity contribution in [2.75, 3.05) is 5.32 Å². The zero-order valence-electron chi connectivity index (χ0n) is 16.6. The smallest absolute Gasteiger partial charge is 0.417 e. The van der Waals surface area contributed by atoms with Crippen LogP contribution in [0.3, 0.4) is 0 Å².